The lowest BCUT2D eigenvalue weighted by atomic mass is 10.2. The van der Waals surface area contributed by atoms with Crippen LogP contribution in [0.1, 0.15) is 18.2 Å². The van der Waals surface area contributed by atoms with Crippen molar-refractivity contribution in [2.45, 2.75) is 13.8 Å². The number of rotatable bonds is 6. The van der Waals surface area contributed by atoms with Crippen LogP contribution in [0.3, 0.4) is 0 Å². The fourth-order valence-corrected chi connectivity index (χ4v) is 3.14. The van der Waals surface area contributed by atoms with Crippen LogP contribution in [-0.4, -0.2) is 28.3 Å². The number of amides is 3. The van der Waals surface area contributed by atoms with E-state index in [4.69, 9.17) is 11.6 Å². The summed E-state index contributed by atoms with van der Waals surface area (Å²) in [6.45, 7) is 4.09. The Kier molecular flexibility index (Phi) is 7.04. The number of carbonyl (C=O) groups excluding carboxylic acids is 2. The Morgan fingerprint density at radius 2 is 1.81 bits per heavy atom. The molecule has 1 heterocycles. The number of nitrogens with one attached hydrogen (secondary N) is 3. The lowest BCUT2D eigenvalue weighted by molar-refractivity contribution is -0.111. The zero-order chi connectivity index (χ0) is 22.4. The minimum absolute atomic E-state index is 0.307. The largest absolute Gasteiger partial charge is 0.338 e. The van der Waals surface area contributed by atoms with Gasteiger partial charge in [0, 0.05) is 29.6 Å². The summed E-state index contributed by atoms with van der Waals surface area (Å²) in [6.07, 6.45) is 2.91. The Morgan fingerprint density at radius 3 is 2.48 bits per heavy atom. The van der Waals surface area contributed by atoms with Crippen LogP contribution < -0.4 is 16.0 Å². The number of hydrogen-bond donors (Lipinski definition) is 3. The highest BCUT2D eigenvalue weighted by Gasteiger charge is 2.13. The predicted molar refractivity (Wildman–Crippen MR) is 120 cm³/mol. The average Bonchev–Trinajstić information content (AvgIpc) is 3.01. The number of aromatic nitrogens is 2. The van der Waals surface area contributed by atoms with E-state index in [-0.39, 0.29) is 17.8 Å². The van der Waals surface area contributed by atoms with Crippen LogP contribution in [0.4, 0.5) is 20.6 Å². The molecule has 1 aromatic heterocycles. The van der Waals surface area contributed by atoms with Crippen molar-refractivity contribution in [2.75, 3.05) is 17.2 Å². The molecular formula is C22H21ClFN5O2. The van der Waals surface area contributed by atoms with Crippen LogP contribution in [0.2, 0.25) is 5.15 Å². The van der Waals surface area contributed by atoms with Crippen LogP contribution in [0.15, 0.2) is 54.6 Å². The van der Waals surface area contributed by atoms with Gasteiger partial charge in [-0.15, -0.1) is 0 Å². The van der Waals surface area contributed by atoms with Crippen molar-refractivity contribution in [3.63, 3.8) is 0 Å². The number of carbonyl (C=O) groups is 2. The number of hydrogen-bond acceptors (Lipinski definition) is 3. The molecule has 0 aliphatic rings. The summed E-state index contributed by atoms with van der Waals surface area (Å²) in [5.41, 5.74) is 2.87. The van der Waals surface area contributed by atoms with Gasteiger partial charge in [-0.1, -0.05) is 17.7 Å². The molecule has 3 rings (SSSR count). The Morgan fingerprint density at radius 1 is 1.13 bits per heavy atom. The Bertz CT molecular complexity index is 1130. The summed E-state index contributed by atoms with van der Waals surface area (Å²) in [6, 6.07) is 12.2. The molecule has 31 heavy (non-hydrogen) atoms. The topological polar surface area (TPSA) is 88.1 Å². The molecule has 0 unspecified atom stereocenters. The van der Waals surface area contributed by atoms with Crippen LogP contribution in [0, 0.1) is 12.7 Å². The molecule has 0 fully saturated rings. The number of benzene rings is 2. The van der Waals surface area contributed by atoms with Gasteiger partial charge in [-0.2, -0.15) is 5.10 Å². The molecule has 0 bridgehead atoms. The van der Waals surface area contributed by atoms with Crippen LogP contribution >= 0.6 is 11.6 Å². The monoisotopic (exact) mass is 441 g/mol. The van der Waals surface area contributed by atoms with E-state index < -0.39 is 0 Å². The molecule has 0 aliphatic carbocycles. The normalized spacial score (nSPS) is 10.8. The highest BCUT2D eigenvalue weighted by molar-refractivity contribution is 6.31. The maximum Gasteiger partial charge on any atom is 0.319 e. The molecule has 160 valence electrons. The van der Waals surface area contributed by atoms with E-state index in [2.05, 4.69) is 21.0 Å². The fourth-order valence-electron chi connectivity index (χ4n) is 2.81. The first-order valence-corrected chi connectivity index (χ1v) is 9.90. The van der Waals surface area contributed by atoms with Crippen LogP contribution in [-0.2, 0) is 4.79 Å². The maximum absolute atomic E-state index is 13.2. The molecule has 0 atom stereocenters. The first-order valence-electron chi connectivity index (χ1n) is 9.52. The van der Waals surface area contributed by atoms with E-state index in [0.29, 0.717) is 40.0 Å². The van der Waals surface area contributed by atoms with E-state index in [0.717, 1.165) is 0 Å². The van der Waals surface area contributed by atoms with Gasteiger partial charge >= 0.3 is 6.03 Å². The van der Waals surface area contributed by atoms with Crippen molar-refractivity contribution in [3.05, 3.63) is 76.8 Å². The predicted octanol–water partition coefficient (Wildman–Crippen LogP) is 4.77. The van der Waals surface area contributed by atoms with Crippen LogP contribution in [0.5, 0.6) is 0 Å². The van der Waals surface area contributed by atoms with Crippen molar-refractivity contribution in [3.8, 4) is 5.69 Å². The van der Waals surface area contributed by atoms with E-state index in [1.807, 2.05) is 6.92 Å². The number of anilines is 2. The van der Waals surface area contributed by atoms with Gasteiger partial charge in [0.1, 0.15) is 11.0 Å². The van der Waals surface area contributed by atoms with E-state index in [1.54, 1.807) is 49.4 Å². The SMILES string of the molecule is CCNC(=O)Nc1cccc(NC(=O)/C=C/c2c(C)nn(-c3ccc(F)cc3)c2Cl)c1. The molecule has 0 saturated heterocycles. The summed E-state index contributed by atoms with van der Waals surface area (Å²) in [5, 5.41) is 12.7. The van der Waals surface area contributed by atoms with Gasteiger partial charge < -0.3 is 16.0 Å². The summed E-state index contributed by atoms with van der Waals surface area (Å²) in [5.74, 6) is -0.731. The van der Waals surface area contributed by atoms with Gasteiger partial charge in [-0.25, -0.2) is 13.9 Å². The Hall–Kier alpha value is -3.65. The summed E-state index contributed by atoms with van der Waals surface area (Å²) in [7, 11) is 0. The molecule has 0 saturated carbocycles. The summed E-state index contributed by atoms with van der Waals surface area (Å²) in [4.78, 5) is 24.0. The van der Waals surface area contributed by atoms with Crippen LogP contribution in [0.25, 0.3) is 11.8 Å². The Labute approximate surface area is 183 Å². The second-order valence-corrected chi connectivity index (χ2v) is 6.92. The molecule has 0 spiro atoms. The molecule has 9 heteroatoms. The van der Waals surface area contributed by atoms with Gasteiger partial charge in [-0.3, -0.25) is 4.79 Å². The van der Waals surface area contributed by atoms with E-state index in [1.165, 1.54) is 22.9 Å². The third-order valence-electron chi connectivity index (χ3n) is 4.25. The molecule has 3 amide bonds. The van der Waals surface area contributed by atoms with E-state index in [9.17, 15) is 14.0 Å². The van der Waals surface area contributed by atoms with E-state index >= 15 is 0 Å². The first kappa shape index (κ1) is 22.0. The van der Waals surface area contributed by atoms with Gasteiger partial charge in [0.15, 0.2) is 0 Å². The smallest absolute Gasteiger partial charge is 0.319 e. The zero-order valence-corrected chi connectivity index (χ0v) is 17.7. The van der Waals surface area contributed by atoms with Crippen molar-refractivity contribution < 1.29 is 14.0 Å². The van der Waals surface area contributed by atoms with Crippen molar-refractivity contribution >= 4 is 41.0 Å². The maximum atomic E-state index is 13.2. The van der Waals surface area contributed by atoms with Crippen molar-refractivity contribution in [1.82, 2.24) is 15.1 Å². The van der Waals surface area contributed by atoms with Crippen molar-refractivity contribution in [1.29, 1.82) is 0 Å². The minimum atomic E-state index is -0.375. The highest BCUT2D eigenvalue weighted by Crippen LogP contribution is 2.25. The average molecular weight is 442 g/mol. The molecular weight excluding hydrogens is 421 g/mol. The third-order valence-corrected chi connectivity index (χ3v) is 4.61. The van der Waals surface area contributed by atoms with Gasteiger partial charge in [0.2, 0.25) is 5.91 Å². The number of aryl methyl sites for hydroxylation is 1. The Balaban J connectivity index is 1.71. The lowest BCUT2D eigenvalue weighted by Gasteiger charge is -2.08. The lowest BCUT2D eigenvalue weighted by Crippen LogP contribution is -2.28. The third kappa shape index (κ3) is 5.70. The quantitative estimate of drug-likeness (QED) is 0.481. The minimum Gasteiger partial charge on any atom is -0.338 e. The molecule has 7 nitrogen and oxygen atoms in total. The molecule has 2 aromatic carbocycles. The first-order chi connectivity index (χ1) is 14.9. The van der Waals surface area contributed by atoms with Gasteiger partial charge in [-0.05, 0) is 62.4 Å². The number of urea groups is 1. The highest BCUT2D eigenvalue weighted by atomic mass is 35.5. The molecule has 0 radical (unpaired) electrons. The summed E-state index contributed by atoms with van der Waals surface area (Å²) < 4.78 is 14.6. The number of nitrogens with zero attached hydrogens (tertiary/aromatic N) is 2. The molecule has 0 aliphatic heterocycles. The summed E-state index contributed by atoms with van der Waals surface area (Å²) >= 11 is 6.42. The van der Waals surface area contributed by atoms with Gasteiger partial charge in [0.05, 0.1) is 11.4 Å². The number of halogens is 2. The zero-order valence-electron chi connectivity index (χ0n) is 16.9. The standard InChI is InChI=1S/C22H21ClFN5O2/c1-3-25-22(31)27-17-6-4-5-16(13-17)26-20(30)12-11-19-14(2)28-29(21(19)23)18-9-7-15(24)8-10-18/h4-13H,3H2,1-2H3,(H,26,30)(H2,25,27,31)/b12-11+. The second kappa shape index (κ2) is 9.90. The second-order valence-electron chi connectivity index (χ2n) is 6.57. The van der Waals surface area contributed by atoms with Crippen molar-refractivity contribution in [2.24, 2.45) is 0 Å². The molecule has 3 N–H and O–H groups in total. The fraction of sp³-hybridized carbons (Fsp3) is 0.136. The van der Waals surface area contributed by atoms with Gasteiger partial charge in [0.25, 0.3) is 0 Å². The molecule has 3 aromatic rings.